The third-order valence-corrected chi connectivity index (χ3v) is 3.48. The highest BCUT2D eigenvalue weighted by atomic mass is 16.5. The highest BCUT2D eigenvalue weighted by molar-refractivity contribution is 5.70. The first-order chi connectivity index (χ1) is 7.25. The van der Waals surface area contributed by atoms with Gasteiger partial charge in [-0.1, -0.05) is 31.6 Å². The fourth-order valence-corrected chi connectivity index (χ4v) is 2.51. The average molecular weight is 200 g/mol. The Morgan fingerprint density at radius 2 is 2.13 bits per heavy atom. The van der Waals surface area contributed by atoms with E-state index in [1.807, 2.05) is 0 Å². The molecule has 0 radical (unpaired) electrons. The molecule has 0 fully saturated rings. The quantitative estimate of drug-likeness (QED) is 0.676. The predicted octanol–water partition coefficient (Wildman–Crippen LogP) is 3.22. The number of allylic oxidation sites excluding steroid dienone is 1. The number of fused-ring (bicyclic) bond motifs is 3. The molecule has 2 aliphatic rings. The van der Waals surface area contributed by atoms with Gasteiger partial charge in [0, 0.05) is 12.0 Å². The average Bonchev–Trinajstić information content (AvgIpc) is 2.82. The monoisotopic (exact) mass is 200 g/mol. The van der Waals surface area contributed by atoms with Gasteiger partial charge in [0.25, 0.3) is 0 Å². The third-order valence-electron chi connectivity index (χ3n) is 3.48. The lowest BCUT2D eigenvalue weighted by Crippen LogP contribution is -1.93. The molecule has 15 heavy (non-hydrogen) atoms. The number of benzene rings is 1. The minimum atomic E-state index is 0.662. The van der Waals surface area contributed by atoms with Gasteiger partial charge in [0.1, 0.15) is 5.75 Å². The van der Waals surface area contributed by atoms with Gasteiger partial charge in [0.05, 0.1) is 6.61 Å². The van der Waals surface area contributed by atoms with Crippen molar-refractivity contribution in [2.75, 3.05) is 6.61 Å². The normalized spacial score (nSPS) is 17.4. The van der Waals surface area contributed by atoms with Crippen molar-refractivity contribution in [1.82, 2.24) is 0 Å². The van der Waals surface area contributed by atoms with E-state index in [2.05, 4.69) is 32.1 Å². The highest BCUT2D eigenvalue weighted by Crippen LogP contribution is 2.38. The van der Waals surface area contributed by atoms with E-state index in [1.165, 1.54) is 16.7 Å². The van der Waals surface area contributed by atoms with E-state index >= 15 is 0 Å². The second-order valence-electron chi connectivity index (χ2n) is 4.76. The second-order valence-corrected chi connectivity index (χ2v) is 4.76. The summed E-state index contributed by atoms with van der Waals surface area (Å²) in [5.74, 6) is 1.77. The van der Waals surface area contributed by atoms with Crippen molar-refractivity contribution in [3.63, 3.8) is 0 Å². The van der Waals surface area contributed by atoms with E-state index in [9.17, 15) is 0 Å². The summed E-state index contributed by atoms with van der Waals surface area (Å²) in [6, 6.07) is 4.36. The van der Waals surface area contributed by atoms with Gasteiger partial charge in [0.2, 0.25) is 0 Å². The molecule has 1 aliphatic carbocycles. The largest absolute Gasteiger partial charge is 0.493 e. The van der Waals surface area contributed by atoms with Gasteiger partial charge in [0.15, 0.2) is 0 Å². The molecular weight excluding hydrogens is 184 g/mol. The zero-order chi connectivity index (χ0) is 10.4. The number of hydrogen-bond acceptors (Lipinski definition) is 1. The fourth-order valence-electron chi connectivity index (χ4n) is 2.51. The van der Waals surface area contributed by atoms with Crippen LogP contribution < -0.4 is 4.74 Å². The number of hydrogen-bond donors (Lipinski definition) is 0. The van der Waals surface area contributed by atoms with Gasteiger partial charge in [-0.05, 0) is 29.5 Å². The van der Waals surface area contributed by atoms with E-state index in [0.717, 1.165) is 25.2 Å². The smallest absolute Gasteiger partial charge is 0.123 e. The zero-order valence-electron chi connectivity index (χ0n) is 9.34. The summed E-state index contributed by atoms with van der Waals surface area (Å²) in [5.41, 5.74) is 5.94. The fraction of sp³-hybridized carbons (Fsp3) is 0.429. The minimum Gasteiger partial charge on any atom is -0.493 e. The Morgan fingerprint density at radius 3 is 2.93 bits per heavy atom. The molecule has 0 atom stereocenters. The molecule has 0 saturated carbocycles. The Morgan fingerprint density at radius 1 is 1.27 bits per heavy atom. The van der Waals surface area contributed by atoms with Crippen LogP contribution in [0.5, 0.6) is 5.75 Å². The first-order valence-corrected chi connectivity index (χ1v) is 5.73. The van der Waals surface area contributed by atoms with Crippen LogP contribution in [0.25, 0.3) is 6.08 Å². The summed E-state index contributed by atoms with van der Waals surface area (Å²) < 4.78 is 5.59. The Kier molecular flexibility index (Phi) is 1.88. The molecule has 1 nitrogen and oxygen atoms in total. The van der Waals surface area contributed by atoms with Crippen molar-refractivity contribution in [3.8, 4) is 5.75 Å². The van der Waals surface area contributed by atoms with Crippen LogP contribution in [-0.4, -0.2) is 6.61 Å². The number of rotatable bonds is 1. The topological polar surface area (TPSA) is 9.23 Å². The van der Waals surface area contributed by atoms with Crippen LogP contribution in [0.1, 0.15) is 30.5 Å². The molecule has 0 amide bonds. The van der Waals surface area contributed by atoms with Crippen LogP contribution >= 0.6 is 0 Å². The Hall–Kier alpha value is -1.24. The molecule has 78 valence electrons. The first-order valence-electron chi connectivity index (χ1n) is 5.73. The number of ether oxygens (including phenoxy) is 1. The SMILES string of the molecule is CC(C)C1=Cc2c(ccc3c2CCO3)C1. The predicted molar refractivity (Wildman–Crippen MR) is 62.2 cm³/mol. The van der Waals surface area contributed by atoms with Crippen LogP contribution in [0, 0.1) is 5.92 Å². The minimum absolute atomic E-state index is 0.662. The van der Waals surface area contributed by atoms with Gasteiger partial charge < -0.3 is 4.74 Å². The maximum Gasteiger partial charge on any atom is 0.123 e. The molecule has 1 heterocycles. The summed E-state index contributed by atoms with van der Waals surface area (Å²) in [6.07, 6.45) is 4.61. The van der Waals surface area contributed by atoms with Crippen LogP contribution in [0.4, 0.5) is 0 Å². The van der Waals surface area contributed by atoms with Crippen molar-refractivity contribution in [2.24, 2.45) is 5.92 Å². The lowest BCUT2D eigenvalue weighted by molar-refractivity contribution is 0.357. The van der Waals surface area contributed by atoms with Crippen LogP contribution in [-0.2, 0) is 12.8 Å². The van der Waals surface area contributed by atoms with Gasteiger partial charge in [-0.15, -0.1) is 0 Å². The third kappa shape index (κ3) is 1.30. The second kappa shape index (κ2) is 3.13. The van der Waals surface area contributed by atoms with Gasteiger partial charge in [-0.3, -0.25) is 0 Å². The van der Waals surface area contributed by atoms with Gasteiger partial charge in [-0.2, -0.15) is 0 Å². The molecule has 1 aromatic rings. The first kappa shape index (κ1) is 9.02. The summed E-state index contributed by atoms with van der Waals surface area (Å²) in [6.45, 7) is 5.40. The lowest BCUT2D eigenvalue weighted by Gasteiger charge is -2.05. The Bertz CT molecular complexity index is 441. The molecule has 0 aromatic heterocycles. The van der Waals surface area contributed by atoms with Crippen LogP contribution in [0.15, 0.2) is 17.7 Å². The van der Waals surface area contributed by atoms with E-state index in [1.54, 1.807) is 5.57 Å². The molecule has 0 bridgehead atoms. The Labute approximate surface area is 90.8 Å². The van der Waals surface area contributed by atoms with Crippen molar-refractivity contribution in [1.29, 1.82) is 0 Å². The molecule has 0 N–H and O–H groups in total. The van der Waals surface area contributed by atoms with Crippen LogP contribution in [0.3, 0.4) is 0 Å². The molecule has 0 saturated heterocycles. The standard InChI is InChI=1S/C14H16O/c1-9(2)11-7-10-3-4-14-12(5-6-15-14)13(10)8-11/h3-4,8-9H,5-7H2,1-2H3. The summed E-state index contributed by atoms with van der Waals surface area (Å²) in [5, 5.41) is 0. The van der Waals surface area contributed by atoms with Crippen molar-refractivity contribution >= 4 is 6.08 Å². The van der Waals surface area contributed by atoms with E-state index in [-0.39, 0.29) is 0 Å². The van der Waals surface area contributed by atoms with E-state index < -0.39 is 0 Å². The van der Waals surface area contributed by atoms with Crippen LogP contribution in [0.2, 0.25) is 0 Å². The van der Waals surface area contributed by atoms with E-state index in [0.29, 0.717) is 5.92 Å². The molecule has 0 unspecified atom stereocenters. The van der Waals surface area contributed by atoms with Crippen molar-refractivity contribution in [2.45, 2.75) is 26.7 Å². The van der Waals surface area contributed by atoms with Crippen molar-refractivity contribution in [3.05, 3.63) is 34.4 Å². The maximum absolute atomic E-state index is 5.59. The van der Waals surface area contributed by atoms with E-state index in [4.69, 9.17) is 4.74 Å². The molecular formula is C14H16O. The maximum atomic E-state index is 5.59. The molecule has 1 aromatic carbocycles. The lowest BCUT2D eigenvalue weighted by atomic mass is 10.0. The van der Waals surface area contributed by atoms with Crippen molar-refractivity contribution < 1.29 is 4.74 Å². The zero-order valence-corrected chi connectivity index (χ0v) is 9.34. The summed E-state index contributed by atoms with van der Waals surface area (Å²) in [7, 11) is 0. The summed E-state index contributed by atoms with van der Waals surface area (Å²) in [4.78, 5) is 0. The Balaban J connectivity index is 2.10. The highest BCUT2D eigenvalue weighted by Gasteiger charge is 2.22. The van der Waals surface area contributed by atoms with Gasteiger partial charge in [-0.25, -0.2) is 0 Å². The van der Waals surface area contributed by atoms with Gasteiger partial charge >= 0.3 is 0 Å². The molecule has 3 rings (SSSR count). The molecule has 1 heteroatoms. The molecule has 1 aliphatic heterocycles. The molecule has 0 spiro atoms. The summed E-state index contributed by atoms with van der Waals surface area (Å²) >= 11 is 0.